The van der Waals surface area contributed by atoms with E-state index >= 15 is 0 Å². The molecule has 0 unspecified atom stereocenters. The van der Waals surface area contributed by atoms with E-state index in [0.29, 0.717) is 0 Å². The predicted octanol–water partition coefficient (Wildman–Crippen LogP) is 2.94. The van der Waals surface area contributed by atoms with Gasteiger partial charge in [-0.1, -0.05) is 0 Å². The SMILES string of the molecule is CCOC(=O)CCc1nc(Br)c(C(F)(F)F)cc1N. The minimum absolute atomic E-state index is 0.0167. The summed E-state index contributed by atoms with van der Waals surface area (Å²) in [5.74, 6) is -0.445. The summed E-state index contributed by atoms with van der Waals surface area (Å²) in [5, 5.41) is 0. The van der Waals surface area contributed by atoms with Gasteiger partial charge < -0.3 is 10.5 Å². The zero-order chi connectivity index (χ0) is 14.6. The molecule has 0 atom stereocenters. The Morgan fingerprint density at radius 2 is 2.16 bits per heavy atom. The molecule has 2 N–H and O–H groups in total. The molecular weight excluding hydrogens is 329 g/mol. The molecule has 1 rings (SSSR count). The van der Waals surface area contributed by atoms with E-state index in [0.717, 1.165) is 6.07 Å². The predicted molar refractivity (Wildman–Crippen MR) is 66.3 cm³/mol. The fourth-order valence-electron chi connectivity index (χ4n) is 1.39. The molecule has 0 spiro atoms. The maximum absolute atomic E-state index is 12.6. The van der Waals surface area contributed by atoms with Gasteiger partial charge in [-0.2, -0.15) is 13.2 Å². The van der Waals surface area contributed by atoms with Crippen LogP contribution < -0.4 is 5.73 Å². The zero-order valence-corrected chi connectivity index (χ0v) is 11.6. The number of alkyl halides is 3. The highest BCUT2D eigenvalue weighted by molar-refractivity contribution is 9.10. The van der Waals surface area contributed by atoms with Gasteiger partial charge in [0.25, 0.3) is 0 Å². The van der Waals surface area contributed by atoms with Crippen molar-refractivity contribution in [1.82, 2.24) is 4.98 Å². The van der Waals surface area contributed by atoms with Crippen LogP contribution in [0.1, 0.15) is 24.6 Å². The minimum Gasteiger partial charge on any atom is -0.466 e. The number of rotatable bonds is 4. The maximum atomic E-state index is 12.6. The quantitative estimate of drug-likeness (QED) is 0.676. The molecule has 1 aromatic heterocycles. The number of nitrogens with zero attached hydrogens (tertiary/aromatic N) is 1. The van der Waals surface area contributed by atoms with Crippen LogP contribution in [0.15, 0.2) is 10.7 Å². The summed E-state index contributed by atoms with van der Waals surface area (Å²) in [5.41, 5.74) is 4.70. The molecule has 0 aliphatic carbocycles. The molecule has 8 heteroatoms. The third-order valence-corrected chi connectivity index (χ3v) is 2.87. The first kappa shape index (κ1) is 15.7. The summed E-state index contributed by atoms with van der Waals surface area (Å²) >= 11 is 2.75. The van der Waals surface area contributed by atoms with Crippen LogP contribution in [0.2, 0.25) is 0 Å². The molecule has 0 radical (unpaired) electrons. The van der Waals surface area contributed by atoms with Gasteiger partial charge in [0, 0.05) is 6.42 Å². The summed E-state index contributed by atoms with van der Waals surface area (Å²) in [6.07, 6.45) is -4.39. The standard InChI is InChI=1S/C11H12BrF3N2O2/c1-2-19-9(18)4-3-8-7(16)5-6(10(12)17-8)11(13,14)15/h5H,2-4,16H2,1H3. The first-order valence-corrected chi connectivity index (χ1v) is 6.22. The number of esters is 1. The minimum atomic E-state index is -4.53. The van der Waals surface area contributed by atoms with Crippen molar-refractivity contribution in [2.24, 2.45) is 0 Å². The highest BCUT2D eigenvalue weighted by Gasteiger charge is 2.34. The fourth-order valence-corrected chi connectivity index (χ4v) is 1.95. The number of hydrogen-bond donors (Lipinski definition) is 1. The number of aryl methyl sites for hydroxylation is 1. The molecule has 0 bridgehead atoms. The number of carbonyl (C=O) groups excluding carboxylic acids is 1. The van der Waals surface area contributed by atoms with E-state index < -0.39 is 17.7 Å². The summed E-state index contributed by atoms with van der Waals surface area (Å²) in [6.45, 7) is 1.91. The van der Waals surface area contributed by atoms with Crippen molar-refractivity contribution in [3.8, 4) is 0 Å². The van der Waals surface area contributed by atoms with Crippen LogP contribution in [0.5, 0.6) is 0 Å². The average Bonchev–Trinajstić information content (AvgIpc) is 2.28. The summed E-state index contributed by atoms with van der Waals surface area (Å²) in [7, 11) is 0. The van der Waals surface area contributed by atoms with E-state index in [1.165, 1.54) is 0 Å². The summed E-state index contributed by atoms with van der Waals surface area (Å²) in [6, 6.07) is 0.803. The van der Waals surface area contributed by atoms with Gasteiger partial charge in [-0.15, -0.1) is 0 Å². The Morgan fingerprint density at radius 1 is 1.53 bits per heavy atom. The van der Waals surface area contributed by atoms with Crippen LogP contribution >= 0.6 is 15.9 Å². The molecule has 4 nitrogen and oxygen atoms in total. The number of hydrogen-bond acceptors (Lipinski definition) is 4. The number of pyridine rings is 1. The lowest BCUT2D eigenvalue weighted by Crippen LogP contribution is -2.12. The Bertz CT molecular complexity index is 478. The van der Waals surface area contributed by atoms with E-state index in [2.05, 4.69) is 20.9 Å². The Kier molecular flexibility index (Phi) is 5.16. The Hall–Kier alpha value is -1.31. The van der Waals surface area contributed by atoms with Gasteiger partial charge in [0.05, 0.1) is 30.0 Å². The second-order valence-electron chi connectivity index (χ2n) is 3.67. The molecule has 0 amide bonds. The lowest BCUT2D eigenvalue weighted by atomic mass is 10.1. The van der Waals surface area contributed by atoms with Crippen LogP contribution in [0.25, 0.3) is 0 Å². The van der Waals surface area contributed by atoms with E-state index in [9.17, 15) is 18.0 Å². The second kappa shape index (κ2) is 6.23. The van der Waals surface area contributed by atoms with Gasteiger partial charge in [-0.3, -0.25) is 4.79 Å². The molecule has 0 aliphatic heterocycles. The number of carbonyl (C=O) groups is 1. The highest BCUT2D eigenvalue weighted by Crippen LogP contribution is 2.35. The number of nitrogens with two attached hydrogens (primary N) is 1. The van der Waals surface area contributed by atoms with Gasteiger partial charge in [-0.25, -0.2) is 4.98 Å². The van der Waals surface area contributed by atoms with Crippen LogP contribution in [-0.2, 0) is 22.1 Å². The zero-order valence-electron chi connectivity index (χ0n) is 10.1. The lowest BCUT2D eigenvalue weighted by Gasteiger charge is -2.12. The number of ether oxygens (including phenoxy) is 1. The van der Waals surface area contributed by atoms with Crippen molar-refractivity contribution in [2.45, 2.75) is 25.9 Å². The van der Waals surface area contributed by atoms with Gasteiger partial charge in [-0.05, 0) is 28.9 Å². The first-order valence-electron chi connectivity index (χ1n) is 5.43. The lowest BCUT2D eigenvalue weighted by molar-refractivity contribution is -0.143. The molecule has 1 aromatic rings. The summed E-state index contributed by atoms with van der Waals surface area (Å²) in [4.78, 5) is 14.9. The van der Waals surface area contributed by atoms with Gasteiger partial charge in [0.2, 0.25) is 0 Å². The van der Waals surface area contributed by atoms with E-state index in [1.807, 2.05) is 0 Å². The van der Waals surface area contributed by atoms with E-state index in [-0.39, 0.29) is 35.4 Å². The molecule has 1 heterocycles. The molecule has 106 valence electrons. The number of nitrogen functional groups attached to an aromatic ring is 1. The maximum Gasteiger partial charge on any atom is 0.419 e. The van der Waals surface area contributed by atoms with Crippen molar-refractivity contribution in [2.75, 3.05) is 12.3 Å². The third-order valence-electron chi connectivity index (χ3n) is 2.27. The van der Waals surface area contributed by atoms with Gasteiger partial charge in [0.1, 0.15) is 4.60 Å². The Morgan fingerprint density at radius 3 is 2.68 bits per heavy atom. The third kappa shape index (κ3) is 4.38. The largest absolute Gasteiger partial charge is 0.466 e. The van der Waals surface area contributed by atoms with E-state index in [1.54, 1.807) is 6.92 Å². The molecule has 0 saturated carbocycles. The smallest absolute Gasteiger partial charge is 0.419 e. The Balaban J connectivity index is 2.88. The van der Waals surface area contributed by atoms with Crippen molar-refractivity contribution < 1.29 is 22.7 Å². The van der Waals surface area contributed by atoms with Gasteiger partial charge in [0.15, 0.2) is 0 Å². The van der Waals surface area contributed by atoms with Crippen LogP contribution in [0.3, 0.4) is 0 Å². The van der Waals surface area contributed by atoms with Crippen molar-refractivity contribution in [3.63, 3.8) is 0 Å². The topological polar surface area (TPSA) is 65.2 Å². The molecule has 0 fully saturated rings. The van der Waals surface area contributed by atoms with Crippen molar-refractivity contribution in [1.29, 1.82) is 0 Å². The number of aromatic nitrogens is 1. The molecule has 19 heavy (non-hydrogen) atoms. The normalized spacial score (nSPS) is 11.4. The number of anilines is 1. The molecule has 0 aromatic carbocycles. The first-order chi connectivity index (χ1) is 8.75. The van der Waals surface area contributed by atoms with Crippen LogP contribution in [0.4, 0.5) is 18.9 Å². The average molecular weight is 341 g/mol. The monoisotopic (exact) mass is 340 g/mol. The van der Waals surface area contributed by atoms with Crippen molar-refractivity contribution in [3.05, 3.63) is 21.9 Å². The second-order valence-corrected chi connectivity index (χ2v) is 4.42. The van der Waals surface area contributed by atoms with Gasteiger partial charge >= 0.3 is 12.1 Å². The molecule has 0 saturated heterocycles. The van der Waals surface area contributed by atoms with E-state index in [4.69, 9.17) is 10.5 Å². The van der Waals surface area contributed by atoms with Crippen LogP contribution in [-0.4, -0.2) is 17.6 Å². The van der Waals surface area contributed by atoms with Crippen LogP contribution in [0, 0.1) is 0 Å². The Labute approximate surface area is 116 Å². The highest BCUT2D eigenvalue weighted by atomic mass is 79.9. The molecule has 0 aliphatic rings. The number of halogens is 4. The van der Waals surface area contributed by atoms with Crippen molar-refractivity contribution >= 4 is 27.6 Å². The molecular formula is C11H12BrF3N2O2. The fraction of sp³-hybridized carbons (Fsp3) is 0.455. The summed E-state index contributed by atoms with van der Waals surface area (Å²) < 4.78 is 42.1.